The van der Waals surface area contributed by atoms with E-state index in [1.165, 1.54) is 0 Å². The molecule has 0 aromatic rings. The van der Waals surface area contributed by atoms with E-state index in [-0.39, 0.29) is 0 Å². The van der Waals surface area contributed by atoms with Gasteiger partial charge < -0.3 is 0 Å². The van der Waals surface area contributed by atoms with Crippen LogP contribution in [0.4, 0.5) is 0 Å². The summed E-state index contributed by atoms with van der Waals surface area (Å²) in [4.78, 5) is 0. The molecule has 0 aliphatic rings. The lowest BCUT2D eigenvalue weighted by Crippen LogP contribution is -2.24. The van der Waals surface area contributed by atoms with Gasteiger partial charge in [-0.05, 0) is 26.7 Å². The summed E-state index contributed by atoms with van der Waals surface area (Å²) in [6.07, 6.45) is 2.57. The molecule has 4 nitrogen and oxygen atoms in total. The van der Waals surface area contributed by atoms with Gasteiger partial charge in [-0.2, -0.15) is 0 Å². The van der Waals surface area contributed by atoms with Crippen molar-refractivity contribution in [2.45, 2.75) is 52.6 Å². The monoisotopic (exact) mass is 223 g/mol. The van der Waals surface area contributed by atoms with Gasteiger partial charge in [0.15, 0.2) is 0 Å². The number of hydrogen-bond acceptors (Lipinski definition) is 3. The lowest BCUT2D eigenvalue weighted by atomic mass is 10.1. The Kier molecular flexibility index (Phi) is 5.91. The SMILES string of the molecule is CCCCOP(N)(=O)OC(C)(C)CC. The molecule has 0 heterocycles. The molecule has 0 bridgehead atoms. The topological polar surface area (TPSA) is 61.5 Å². The maximum atomic E-state index is 11.6. The largest absolute Gasteiger partial charge is 0.403 e. The molecule has 0 fully saturated rings. The standard InChI is InChI=1S/C9H22NO3P/c1-5-7-8-12-14(10,11)13-9(3,4)6-2/h5-8H2,1-4H3,(H2,10,11). The van der Waals surface area contributed by atoms with Crippen molar-refractivity contribution >= 4 is 7.75 Å². The zero-order valence-corrected chi connectivity index (χ0v) is 10.5. The highest BCUT2D eigenvalue weighted by Crippen LogP contribution is 2.44. The molecule has 1 unspecified atom stereocenters. The van der Waals surface area contributed by atoms with E-state index in [0.29, 0.717) is 6.61 Å². The van der Waals surface area contributed by atoms with Crippen LogP contribution < -0.4 is 5.50 Å². The fourth-order valence-electron chi connectivity index (χ4n) is 0.771. The highest BCUT2D eigenvalue weighted by atomic mass is 31.2. The van der Waals surface area contributed by atoms with Gasteiger partial charge in [0, 0.05) is 0 Å². The molecule has 0 aromatic heterocycles. The van der Waals surface area contributed by atoms with Crippen molar-refractivity contribution in [1.29, 1.82) is 0 Å². The van der Waals surface area contributed by atoms with Crippen molar-refractivity contribution in [3.05, 3.63) is 0 Å². The molecule has 0 spiro atoms. The van der Waals surface area contributed by atoms with Gasteiger partial charge in [-0.1, -0.05) is 20.3 Å². The normalized spacial score (nSPS) is 16.6. The average molecular weight is 223 g/mol. The molecule has 0 saturated carbocycles. The Morgan fingerprint density at radius 1 is 1.36 bits per heavy atom. The van der Waals surface area contributed by atoms with Crippen LogP contribution in [-0.2, 0) is 13.6 Å². The second kappa shape index (κ2) is 5.86. The Balaban J connectivity index is 4.00. The zero-order chi connectivity index (χ0) is 11.2. The molecule has 0 radical (unpaired) electrons. The highest BCUT2D eigenvalue weighted by Gasteiger charge is 2.28. The minimum Gasteiger partial charge on any atom is -0.297 e. The van der Waals surface area contributed by atoms with Gasteiger partial charge in [-0.3, -0.25) is 9.05 Å². The molecule has 0 rings (SSSR count). The molecule has 0 aromatic carbocycles. The van der Waals surface area contributed by atoms with E-state index in [1.807, 2.05) is 27.7 Å². The van der Waals surface area contributed by atoms with Crippen LogP contribution in [0.2, 0.25) is 0 Å². The Bertz CT molecular complexity index is 206. The third-order valence-electron chi connectivity index (χ3n) is 1.99. The fraction of sp³-hybridized carbons (Fsp3) is 1.00. The van der Waals surface area contributed by atoms with E-state index in [0.717, 1.165) is 19.3 Å². The van der Waals surface area contributed by atoms with E-state index in [4.69, 9.17) is 14.6 Å². The van der Waals surface area contributed by atoms with Gasteiger partial charge in [-0.25, -0.2) is 10.1 Å². The van der Waals surface area contributed by atoms with Crippen molar-refractivity contribution < 1.29 is 13.6 Å². The summed E-state index contributed by atoms with van der Waals surface area (Å²) in [5.74, 6) is 0. The summed E-state index contributed by atoms with van der Waals surface area (Å²) in [5.41, 5.74) is 4.94. The van der Waals surface area contributed by atoms with E-state index in [1.54, 1.807) is 0 Å². The Labute approximate surface area is 86.7 Å². The summed E-state index contributed by atoms with van der Waals surface area (Å²) < 4.78 is 21.8. The average Bonchev–Trinajstić information content (AvgIpc) is 2.03. The van der Waals surface area contributed by atoms with Crippen molar-refractivity contribution in [2.24, 2.45) is 5.50 Å². The lowest BCUT2D eigenvalue weighted by molar-refractivity contribution is 0.0746. The van der Waals surface area contributed by atoms with E-state index < -0.39 is 13.3 Å². The number of hydrogen-bond donors (Lipinski definition) is 1. The molecule has 1 atom stereocenters. The predicted octanol–water partition coefficient (Wildman–Crippen LogP) is 3.08. The fourth-order valence-corrected chi connectivity index (χ4v) is 2.03. The minimum atomic E-state index is -3.36. The van der Waals surface area contributed by atoms with Crippen LogP contribution in [0.1, 0.15) is 47.0 Å². The van der Waals surface area contributed by atoms with Gasteiger partial charge >= 0.3 is 7.75 Å². The number of rotatable bonds is 7. The lowest BCUT2D eigenvalue weighted by Gasteiger charge is -2.26. The molecule has 14 heavy (non-hydrogen) atoms. The van der Waals surface area contributed by atoms with E-state index in [9.17, 15) is 4.57 Å². The number of unbranched alkanes of at least 4 members (excludes halogenated alkanes) is 1. The maximum Gasteiger partial charge on any atom is 0.403 e. The van der Waals surface area contributed by atoms with Crippen LogP contribution in [0, 0.1) is 0 Å². The van der Waals surface area contributed by atoms with Crippen LogP contribution in [0.15, 0.2) is 0 Å². The molecule has 2 N–H and O–H groups in total. The predicted molar refractivity (Wildman–Crippen MR) is 58.1 cm³/mol. The Hall–Kier alpha value is 0.110. The van der Waals surface area contributed by atoms with Gasteiger partial charge in [0.25, 0.3) is 0 Å². The molecule has 86 valence electrons. The Morgan fingerprint density at radius 3 is 2.36 bits per heavy atom. The Morgan fingerprint density at radius 2 is 1.93 bits per heavy atom. The van der Waals surface area contributed by atoms with Crippen LogP contribution in [0.3, 0.4) is 0 Å². The molecule has 5 heteroatoms. The molecule has 0 amide bonds. The second-order valence-corrected chi connectivity index (χ2v) is 5.45. The molecule has 0 aliphatic carbocycles. The molecular formula is C9H22NO3P. The molecule has 0 saturated heterocycles. The summed E-state index contributed by atoms with van der Waals surface area (Å²) in [6.45, 7) is 8.06. The number of nitrogens with two attached hydrogens (primary N) is 1. The highest BCUT2D eigenvalue weighted by molar-refractivity contribution is 7.51. The summed E-state index contributed by atoms with van der Waals surface area (Å²) in [7, 11) is -3.36. The first-order valence-electron chi connectivity index (χ1n) is 5.07. The zero-order valence-electron chi connectivity index (χ0n) is 9.58. The van der Waals surface area contributed by atoms with Crippen LogP contribution in [-0.4, -0.2) is 12.2 Å². The van der Waals surface area contributed by atoms with Gasteiger partial charge in [0.05, 0.1) is 12.2 Å². The second-order valence-electron chi connectivity index (χ2n) is 3.93. The van der Waals surface area contributed by atoms with Crippen molar-refractivity contribution in [1.82, 2.24) is 0 Å². The quantitative estimate of drug-likeness (QED) is 0.532. The maximum absolute atomic E-state index is 11.6. The smallest absolute Gasteiger partial charge is 0.297 e. The van der Waals surface area contributed by atoms with Crippen LogP contribution >= 0.6 is 7.75 Å². The first kappa shape index (κ1) is 14.1. The first-order chi connectivity index (χ1) is 6.33. The van der Waals surface area contributed by atoms with E-state index >= 15 is 0 Å². The summed E-state index contributed by atoms with van der Waals surface area (Å²) >= 11 is 0. The van der Waals surface area contributed by atoms with Crippen molar-refractivity contribution in [2.75, 3.05) is 6.61 Å². The third kappa shape index (κ3) is 6.55. The first-order valence-corrected chi connectivity index (χ1v) is 6.68. The van der Waals surface area contributed by atoms with Crippen LogP contribution in [0.25, 0.3) is 0 Å². The minimum absolute atomic E-state index is 0.393. The summed E-state index contributed by atoms with van der Waals surface area (Å²) in [6, 6.07) is 0. The van der Waals surface area contributed by atoms with Gasteiger partial charge in [0.1, 0.15) is 0 Å². The third-order valence-corrected chi connectivity index (χ3v) is 3.29. The van der Waals surface area contributed by atoms with Crippen molar-refractivity contribution in [3.63, 3.8) is 0 Å². The van der Waals surface area contributed by atoms with Gasteiger partial charge in [0.2, 0.25) is 0 Å². The molecular weight excluding hydrogens is 201 g/mol. The van der Waals surface area contributed by atoms with Gasteiger partial charge in [-0.15, -0.1) is 0 Å². The van der Waals surface area contributed by atoms with E-state index in [2.05, 4.69) is 0 Å². The summed E-state index contributed by atoms with van der Waals surface area (Å²) in [5, 5.41) is 0. The van der Waals surface area contributed by atoms with Crippen molar-refractivity contribution in [3.8, 4) is 0 Å². The van der Waals surface area contributed by atoms with Crippen LogP contribution in [0.5, 0.6) is 0 Å². The molecule has 0 aliphatic heterocycles.